The third-order valence-corrected chi connectivity index (χ3v) is 7.17. The number of aryl methyl sites for hydroxylation is 2. The topological polar surface area (TPSA) is 115 Å². The second kappa shape index (κ2) is 11.7. The van der Waals surface area contributed by atoms with Crippen molar-refractivity contribution < 1.29 is 17.2 Å². The van der Waals surface area contributed by atoms with E-state index in [2.05, 4.69) is 25.7 Å². The summed E-state index contributed by atoms with van der Waals surface area (Å²) in [4.78, 5) is 8.63. The number of nitrogens with zero attached hydrogens (tertiary/aromatic N) is 4. The van der Waals surface area contributed by atoms with Crippen molar-refractivity contribution in [2.75, 3.05) is 23.9 Å². The van der Waals surface area contributed by atoms with E-state index in [1.165, 1.54) is 24.7 Å². The molecule has 202 valence electrons. The van der Waals surface area contributed by atoms with E-state index in [1.54, 1.807) is 18.5 Å². The number of anilines is 2. The molecule has 0 saturated heterocycles. The Kier molecular flexibility index (Phi) is 7.99. The summed E-state index contributed by atoms with van der Waals surface area (Å²) in [5, 5.41) is 11.9. The summed E-state index contributed by atoms with van der Waals surface area (Å²) < 4.78 is 43.8. The van der Waals surface area contributed by atoms with E-state index in [-0.39, 0.29) is 11.6 Å². The highest BCUT2D eigenvalue weighted by atomic mass is 32.2. The van der Waals surface area contributed by atoms with Gasteiger partial charge in [0, 0.05) is 42.1 Å². The summed E-state index contributed by atoms with van der Waals surface area (Å²) in [5.74, 6) is 2.13. The number of sulfone groups is 1. The molecule has 0 fully saturated rings. The van der Waals surface area contributed by atoms with Gasteiger partial charge >= 0.3 is 0 Å². The van der Waals surface area contributed by atoms with Crippen LogP contribution in [0.1, 0.15) is 22.6 Å². The molecular weight excluding hydrogens is 519 g/mol. The predicted molar refractivity (Wildman–Crippen MR) is 148 cm³/mol. The van der Waals surface area contributed by atoms with Gasteiger partial charge in [-0.1, -0.05) is 12.1 Å². The first-order chi connectivity index (χ1) is 18.8. The van der Waals surface area contributed by atoms with E-state index >= 15 is 0 Å². The molecule has 5 aromatic rings. The standard InChI is InChI=1S/C28H29FN6O3S/c1-39(36,37)12-11-30-17-26-9-8-25(38-26)7-5-21-15-31-19-32-28(21)34-24-6-10-27-22(14-24)16-33-35(27)18-20-3-2-4-23(29)13-20/h2-4,6,8-10,13-16,19,30H,5,7,11-12,17-18H2,1H3,(H,31,32,34). The van der Waals surface area contributed by atoms with Gasteiger partial charge in [0.15, 0.2) is 0 Å². The highest BCUT2D eigenvalue weighted by Gasteiger charge is 2.10. The minimum absolute atomic E-state index is 0.0918. The van der Waals surface area contributed by atoms with Crippen LogP contribution in [0.15, 0.2) is 77.7 Å². The largest absolute Gasteiger partial charge is 0.465 e. The molecule has 2 aromatic carbocycles. The third-order valence-electron chi connectivity index (χ3n) is 6.22. The van der Waals surface area contributed by atoms with E-state index in [1.807, 2.05) is 41.1 Å². The molecule has 0 aliphatic rings. The van der Waals surface area contributed by atoms with Crippen LogP contribution < -0.4 is 10.6 Å². The Morgan fingerprint density at radius 1 is 1.03 bits per heavy atom. The second-order valence-corrected chi connectivity index (χ2v) is 11.7. The predicted octanol–water partition coefficient (Wildman–Crippen LogP) is 4.27. The molecule has 5 rings (SSSR count). The highest BCUT2D eigenvalue weighted by molar-refractivity contribution is 7.90. The van der Waals surface area contributed by atoms with Crippen molar-refractivity contribution in [1.29, 1.82) is 0 Å². The normalized spacial score (nSPS) is 11.7. The summed E-state index contributed by atoms with van der Waals surface area (Å²) in [6, 6.07) is 16.3. The smallest absolute Gasteiger partial charge is 0.148 e. The Morgan fingerprint density at radius 3 is 2.74 bits per heavy atom. The van der Waals surface area contributed by atoms with Crippen molar-refractivity contribution in [2.24, 2.45) is 0 Å². The maximum Gasteiger partial charge on any atom is 0.148 e. The lowest BCUT2D eigenvalue weighted by molar-refractivity contribution is 0.449. The average molecular weight is 549 g/mol. The zero-order chi connectivity index (χ0) is 27.2. The van der Waals surface area contributed by atoms with Crippen molar-refractivity contribution in [1.82, 2.24) is 25.1 Å². The van der Waals surface area contributed by atoms with Gasteiger partial charge in [-0.15, -0.1) is 0 Å². The maximum absolute atomic E-state index is 13.6. The molecule has 0 saturated carbocycles. The number of rotatable bonds is 12. The summed E-state index contributed by atoms with van der Waals surface area (Å²) in [6.07, 6.45) is 7.66. The number of nitrogens with one attached hydrogen (secondary N) is 2. The van der Waals surface area contributed by atoms with Crippen LogP contribution in [-0.2, 0) is 35.8 Å². The van der Waals surface area contributed by atoms with Crippen LogP contribution in [-0.4, -0.2) is 46.7 Å². The highest BCUT2D eigenvalue weighted by Crippen LogP contribution is 2.24. The number of benzene rings is 2. The zero-order valence-corrected chi connectivity index (χ0v) is 22.3. The summed E-state index contributed by atoms with van der Waals surface area (Å²) >= 11 is 0. The lowest BCUT2D eigenvalue weighted by Crippen LogP contribution is -2.21. The molecule has 0 bridgehead atoms. The van der Waals surface area contributed by atoms with Crippen LogP contribution in [0.3, 0.4) is 0 Å². The summed E-state index contributed by atoms with van der Waals surface area (Å²) in [7, 11) is -2.99. The molecule has 0 aliphatic carbocycles. The fourth-order valence-electron chi connectivity index (χ4n) is 4.27. The molecule has 9 nitrogen and oxygen atoms in total. The molecule has 0 unspecified atom stereocenters. The number of halogens is 1. The van der Waals surface area contributed by atoms with Crippen molar-refractivity contribution in [3.05, 3.63) is 102 Å². The van der Waals surface area contributed by atoms with Gasteiger partial charge < -0.3 is 15.1 Å². The monoisotopic (exact) mass is 548 g/mol. The second-order valence-electron chi connectivity index (χ2n) is 9.40. The minimum Gasteiger partial charge on any atom is -0.465 e. The maximum atomic E-state index is 13.6. The fourth-order valence-corrected chi connectivity index (χ4v) is 4.78. The minimum atomic E-state index is -2.99. The average Bonchev–Trinajstić information content (AvgIpc) is 3.52. The molecule has 2 N–H and O–H groups in total. The quantitative estimate of drug-likeness (QED) is 0.222. The van der Waals surface area contributed by atoms with Crippen LogP contribution in [0.4, 0.5) is 15.9 Å². The van der Waals surface area contributed by atoms with Crippen LogP contribution >= 0.6 is 0 Å². The van der Waals surface area contributed by atoms with Crippen molar-refractivity contribution in [2.45, 2.75) is 25.9 Å². The number of furan rings is 1. The van der Waals surface area contributed by atoms with Crippen LogP contribution in [0.2, 0.25) is 0 Å². The molecular formula is C28H29FN6O3S. The Morgan fingerprint density at radius 2 is 1.90 bits per heavy atom. The molecule has 0 amide bonds. The molecule has 0 atom stereocenters. The lowest BCUT2D eigenvalue weighted by atomic mass is 10.1. The number of hydrogen-bond acceptors (Lipinski definition) is 8. The zero-order valence-electron chi connectivity index (χ0n) is 21.5. The lowest BCUT2D eigenvalue weighted by Gasteiger charge is -2.11. The summed E-state index contributed by atoms with van der Waals surface area (Å²) in [5.41, 5.74) is 3.61. The van der Waals surface area contributed by atoms with Gasteiger partial charge in [0.25, 0.3) is 0 Å². The number of hydrogen-bond donors (Lipinski definition) is 2. The first-order valence-corrected chi connectivity index (χ1v) is 14.6. The van der Waals surface area contributed by atoms with E-state index < -0.39 is 9.84 Å². The summed E-state index contributed by atoms with van der Waals surface area (Å²) in [6.45, 7) is 1.33. The first-order valence-electron chi connectivity index (χ1n) is 12.5. The van der Waals surface area contributed by atoms with Crippen LogP contribution in [0.25, 0.3) is 10.9 Å². The Hall–Kier alpha value is -4.09. The van der Waals surface area contributed by atoms with E-state index in [9.17, 15) is 12.8 Å². The van der Waals surface area contributed by atoms with Gasteiger partial charge in [0.2, 0.25) is 0 Å². The van der Waals surface area contributed by atoms with E-state index in [0.29, 0.717) is 38.3 Å². The molecule has 3 heterocycles. The Balaban J connectivity index is 1.21. The van der Waals surface area contributed by atoms with Crippen molar-refractivity contribution in [3.8, 4) is 0 Å². The van der Waals surface area contributed by atoms with E-state index in [4.69, 9.17) is 4.42 Å². The van der Waals surface area contributed by atoms with Gasteiger partial charge in [0.05, 0.1) is 30.6 Å². The fraction of sp³-hybridized carbons (Fsp3) is 0.250. The number of fused-ring (bicyclic) bond motifs is 1. The SMILES string of the molecule is CS(=O)(=O)CCNCc1ccc(CCc2cncnc2Nc2ccc3c(cnn3Cc3cccc(F)c3)c2)o1. The Labute approximate surface area is 226 Å². The van der Waals surface area contributed by atoms with E-state index in [0.717, 1.165) is 39.2 Å². The van der Waals surface area contributed by atoms with Gasteiger partial charge in [-0.2, -0.15) is 5.10 Å². The van der Waals surface area contributed by atoms with Gasteiger partial charge in [0.1, 0.15) is 39.3 Å². The van der Waals surface area contributed by atoms with Crippen molar-refractivity contribution >= 4 is 32.2 Å². The molecule has 39 heavy (non-hydrogen) atoms. The molecule has 0 radical (unpaired) electrons. The molecule has 11 heteroatoms. The van der Waals surface area contributed by atoms with Crippen LogP contribution in [0, 0.1) is 5.82 Å². The van der Waals surface area contributed by atoms with Gasteiger partial charge in [-0.25, -0.2) is 22.8 Å². The first kappa shape index (κ1) is 26.5. The Bertz CT molecular complexity index is 1680. The number of aromatic nitrogens is 4. The van der Waals surface area contributed by atoms with Crippen molar-refractivity contribution in [3.63, 3.8) is 0 Å². The van der Waals surface area contributed by atoms with Gasteiger partial charge in [-0.3, -0.25) is 4.68 Å². The van der Waals surface area contributed by atoms with Crippen LogP contribution in [0.5, 0.6) is 0 Å². The molecule has 3 aromatic heterocycles. The molecule has 0 aliphatic heterocycles. The van der Waals surface area contributed by atoms with Gasteiger partial charge in [-0.05, 0) is 54.4 Å². The molecule has 0 spiro atoms. The third kappa shape index (κ3) is 7.27.